The fourth-order valence-electron chi connectivity index (χ4n) is 6.91. The molecule has 0 bridgehead atoms. The standard InChI is InChI=1S/C25H29FO6/c1-14(27)32-13-21(29)19-8-7-17-18-6-5-15-11-16(28)9-10-24(15,3)25(18,26)20(22(30)31-4)12-23(17,19)2/h8-11,17-18,20H,5-7,12-13H2,1-4H3/t17-,18-,20-,23+,24+,25+/m1/s1. The van der Waals surface area contributed by atoms with E-state index in [4.69, 9.17) is 9.47 Å². The van der Waals surface area contributed by atoms with E-state index in [0.29, 0.717) is 30.4 Å². The predicted octanol–water partition coefficient (Wildman–Crippen LogP) is 3.45. The first-order valence-corrected chi connectivity index (χ1v) is 11.1. The average Bonchev–Trinajstić information content (AvgIpc) is 3.09. The van der Waals surface area contributed by atoms with Crippen LogP contribution < -0.4 is 0 Å². The van der Waals surface area contributed by atoms with Crippen molar-refractivity contribution < 1.29 is 33.0 Å². The highest BCUT2D eigenvalue weighted by Gasteiger charge is 2.71. The summed E-state index contributed by atoms with van der Waals surface area (Å²) in [6.45, 7) is 4.54. The van der Waals surface area contributed by atoms with Gasteiger partial charge in [-0.1, -0.05) is 24.6 Å². The van der Waals surface area contributed by atoms with Crippen molar-refractivity contribution in [2.45, 2.75) is 52.1 Å². The van der Waals surface area contributed by atoms with Crippen LogP contribution in [-0.4, -0.2) is 42.9 Å². The SMILES string of the molecule is COC(=O)[C@H]1C[C@]2(C)C(C(=O)COC(C)=O)=CC[C@@H]2[C@H]2CCC3=CC(=O)C=C[C@]3(C)[C@@]12F. The van der Waals surface area contributed by atoms with Crippen molar-refractivity contribution in [1.82, 2.24) is 0 Å². The molecule has 0 radical (unpaired) electrons. The molecule has 6 nitrogen and oxygen atoms in total. The van der Waals surface area contributed by atoms with Gasteiger partial charge in [-0.2, -0.15) is 0 Å². The average molecular weight is 444 g/mol. The molecule has 0 aliphatic heterocycles. The number of rotatable bonds is 4. The fourth-order valence-corrected chi connectivity index (χ4v) is 6.91. The smallest absolute Gasteiger partial charge is 0.312 e. The maximum Gasteiger partial charge on any atom is 0.312 e. The summed E-state index contributed by atoms with van der Waals surface area (Å²) < 4.78 is 27.4. The van der Waals surface area contributed by atoms with Gasteiger partial charge in [0.1, 0.15) is 5.67 Å². The van der Waals surface area contributed by atoms with Gasteiger partial charge in [0.15, 0.2) is 18.2 Å². The molecule has 32 heavy (non-hydrogen) atoms. The number of hydrogen-bond donors (Lipinski definition) is 0. The Hall–Kier alpha value is -2.57. The zero-order chi connectivity index (χ0) is 23.5. The molecule has 0 saturated heterocycles. The molecule has 2 saturated carbocycles. The van der Waals surface area contributed by atoms with Crippen LogP contribution in [0.25, 0.3) is 0 Å². The van der Waals surface area contributed by atoms with Crippen LogP contribution in [0.15, 0.2) is 35.5 Å². The largest absolute Gasteiger partial charge is 0.469 e. The van der Waals surface area contributed by atoms with Gasteiger partial charge in [0.05, 0.1) is 13.0 Å². The van der Waals surface area contributed by atoms with E-state index in [1.165, 1.54) is 26.2 Å². The van der Waals surface area contributed by atoms with E-state index < -0.39 is 40.3 Å². The number of hydrogen-bond acceptors (Lipinski definition) is 6. The van der Waals surface area contributed by atoms with Crippen molar-refractivity contribution in [2.75, 3.05) is 13.7 Å². The molecule has 0 N–H and O–H groups in total. The van der Waals surface area contributed by atoms with Gasteiger partial charge in [0, 0.05) is 23.3 Å². The van der Waals surface area contributed by atoms with E-state index >= 15 is 4.39 Å². The minimum atomic E-state index is -1.95. The molecular weight excluding hydrogens is 415 g/mol. The predicted molar refractivity (Wildman–Crippen MR) is 113 cm³/mol. The highest BCUT2D eigenvalue weighted by molar-refractivity contribution is 6.01. The quantitative estimate of drug-likeness (QED) is 0.618. The third kappa shape index (κ3) is 2.96. The van der Waals surface area contributed by atoms with Crippen LogP contribution in [-0.2, 0) is 28.7 Å². The normalized spacial score (nSPS) is 39.8. The van der Waals surface area contributed by atoms with Crippen LogP contribution in [0.4, 0.5) is 4.39 Å². The number of carbonyl (C=O) groups is 4. The molecule has 0 unspecified atom stereocenters. The Labute approximate surface area is 186 Å². The Morgan fingerprint density at radius 1 is 1.22 bits per heavy atom. The Morgan fingerprint density at radius 2 is 1.94 bits per heavy atom. The van der Waals surface area contributed by atoms with Gasteiger partial charge in [-0.05, 0) is 56.6 Å². The van der Waals surface area contributed by atoms with E-state index in [1.54, 1.807) is 13.0 Å². The Kier molecular flexibility index (Phi) is 5.30. The second-order valence-electron chi connectivity index (χ2n) is 9.88. The van der Waals surface area contributed by atoms with Gasteiger partial charge < -0.3 is 9.47 Å². The minimum absolute atomic E-state index is 0.111. The van der Waals surface area contributed by atoms with Crippen LogP contribution in [0.5, 0.6) is 0 Å². The zero-order valence-corrected chi connectivity index (χ0v) is 18.9. The van der Waals surface area contributed by atoms with Crippen LogP contribution in [0, 0.1) is 28.6 Å². The molecule has 4 aliphatic rings. The number of fused-ring (bicyclic) bond motifs is 5. The number of carbonyl (C=O) groups excluding carboxylic acids is 4. The van der Waals surface area contributed by atoms with E-state index in [2.05, 4.69) is 0 Å². The lowest BCUT2D eigenvalue weighted by Crippen LogP contribution is -2.66. The lowest BCUT2D eigenvalue weighted by molar-refractivity contribution is -0.186. The molecule has 6 atom stereocenters. The summed E-state index contributed by atoms with van der Waals surface area (Å²) in [5, 5.41) is 0. The highest BCUT2D eigenvalue weighted by Crippen LogP contribution is 2.69. The number of halogens is 1. The molecular formula is C25H29FO6. The number of ether oxygens (including phenoxy) is 2. The van der Waals surface area contributed by atoms with Crippen molar-refractivity contribution in [1.29, 1.82) is 0 Å². The van der Waals surface area contributed by atoms with Crippen LogP contribution in [0.3, 0.4) is 0 Å². The molecule has 172 valence electrons. The zero-order valence-electron chi connectivity index (χ0n) is 18.9. The summed E-state index contributed by atoms with van der Waals surface area (Å²) >= 11 is 0. The molecule has 4 rings (SSSR count). The number of methoxy groups -OCH3 is 1. The third-order valence-corrected chi connectivity index (χ3v) is 8.45. The van der Waals surface area contributed by atoms with Gasteiger partial charge in [0.25, 0.3) is 0 Å². The number of allylic oxidation sites excluding steroid dienone is 5. The molecule has 7 heteroatoms. The van der Waals surface area contributed by atoms with Crippen molar-refractivity contribution in [3.05, 3.63) is 35.5 Å². The Morgan fingerprint density at radius 3 is 2.59 bits per heavy atom. The number of esters is 2. The number of ketones is 2. The molecule has 0 spiro atoms. The van der Waals surface area contributed by atoms with Crippen molar-refractivity contribution in [3.63, 3.8) is 0 Å². The van der Waals surface area contributed by atoms with E-state index in [9.17, 15) is 19.2 Å². The molecule has 0 aromatic carbocycles. The topological polar surface area (TPSA) is 86.7 Å². The number of Topliss-reactive ketones (excluding diaryl/α,β-unsaturated/α-hetero) is 1. The van der Waals surface area contributed by atoms with Crippen LogP contribution >= 0.6 is 0 Å². The van der Waals surface area contributed by atoms with E-state index in [1.807, 2.05) is 13.0 Å². The number of alkyl halides is 1. The lowest BCUT2D eigenvalue weighted by atomic mass is 9.43. The van der Waals surface area contributed by atoms with E-state index in [-0.39, 0.29) is 30.5 Å². The van der Waals surface area contributed by atoms with Gasteiger partial charge >= 0.3 is 11.9 Å². The Bertz CT molecular complexity index is 992. The molecule has 0 aromatic heterocycles. The fraction of sp³-hybridized carbons (Fsp3) is 0.600. The first-order chi connectivity index (χ1) is 15.0. The highest BCUT2D eigenvalue weighted by atomic mass is 19.1. The molecule has 2 fully saturated rings. The monoisotopic (exact) mass is 444 g/mol. The summed E-state index contributed by atoms with van der Waals surface area (Å²) in [6, 6.07) is 0. The Balaban J connectivity index is 1.78. The van der Waals surface area contributed by atoms with Gasteiger partial charge in [-0.3, -0.25) is 19.2 Å². The summed E-state index contributed by atoms with van der Waals surface area (Å²) in [7, 11) is 1.24. The van der Waals surface area contributed by atoms with Crippen molar-refractivity contribution in [2.24, 2.45) is 28.6 Å². The maximum absolute atomic E-state index is 17.5. The first kappa shape index (κ1) is 22.6. The lowest BCUT2D eigenvalue weighted by Gasteiger charge is -2.62. The van der Waals surface area contributed by atoms with Crippen molar-refractivity contribution in [3.8, 4) is 0 Å². The summed E-state index contributed by atoms with van der Waals surface area (Å²) in [5.41, 5.74) is -2.58. The maximum atomic E-state index is 17.5. The van der Waals surface area contributed by atoms with Gasteiger partial charge in [-0.15, -0.1) is 0 Å². The van der Waals surface area contributed by atoms with Gasteiger partial charge in [-0.25, -0.2) is 4.39 Å². The van der Waals surface area contributed by atoms with Crippen LogP contribution in [0.2, 0.25) is 0 Å². The second kappa shape index (κ2) is 7.49. The molecule has 0 heterocycles. The second-order valence-corrected chi connectivity index (χ2v) is 9.88. The summed E-state index contributed by atoms with van der Waals surface area (Å²) in [6.07, 6.45) is 7.98. The van der Waals surface area contributed by atoms with Gasteiger partial charge in [0.2, 0.25) is 0 Å². The molecule has 0 amide bonds. The summed E-state index contributed by atoms with van der Waals surface area (Å²) in [5.74, 6) is -3.47. The third-order valence-electron chi connectivity index (χ3n) is 8.45. The van der Waals surface area contributed by atoms with Crippen molar-refractivity contribution >= 4 is 23.5 Å². The first-order valence-electron chi connectivity index (χ1n) is 11.1. The summed E-state index contributed by atoms with van der Waals surface area (Å²) in [4.78, 5) is 49.1. The van der Waals surface area contributed by atoms with E-state index in [0.717, 1.165) is 0 Å². The minimum Gasteiger partial charge on any atom is -0.469 e. The molecule has 0 aromatic rings. The van der Waals surface area contributed by atoms with Crippen LogP contribution in [0.1, 0.15) is 46.5 Å². The molecule has 4 aliphatic carbocycles.